The van der Waals surface area contributed by atoms with Crippen LogP contribution < -0.4 is 0 Å². The predicted octanol–water partition coefficient (Wildman–Crippen LogP) is 5.66. The summed E-state index contributed by atoms with van der Waals surface area (Å²) in [6.07, 6.45) is 11.1. The van der Waals surface area contributed by atoms with Crippen LogP contribution in [-0.2, 0) is 4.79 Å². The molecule has 0 aromatic rings. The van der Waals surface area contributed by atoms with Gasteiger partial charge in [0.25, 0.3) is 0 Å². The Morgan fingerprint density at radius 1 is 0.926 bits per heavy atom. The first-order chi connectivity index (χ1) is 12.3. The lowest BCUT2D eigenvalue weighted by Gasteiger charge is -2.49. The van der Waals surface area contributed by atoms with Crippen molar-refractivity contribution >= 4 is 5.78 Å². The maximum atomic E-state index is 12.6. The van der Waals surface area contributed by atoms with Crippen molar-refractivity contribution < 1.29 is 15.0 Å². The van der Waals surface area contributed by atoms with Gasteiger partial charge >= 0.3 is 0 Å². The SMILES string of the molecule is CC(C)(O)CCCC(C)(CCCC(C)(C)O)C1CCC2C(=O)CCCC21C. The zero-order valence-corrected chi connectivity index (χ0v) is 18.7. The largest absolute Gasteiger partial charge is 0.390 e. The van der Waals surface area contributed by atoms with Gasteiger partial charge in [-0.3, -0.25) is 4.79 Å². The Kier molecular flexibility index (Phi) is 6.90. The number of hydrogen-bond acceptors (Lipinski definition) is 3. The fraction of sp³-hybridized carbons (Fsp3) is 0.958. The Morgan fingerprint density at radius 3 is 1.93 bits per heavy atom. The summed E-state index contributed by atoms with van der Waals surface area (Å²) in [4.78, 5) is 12.6. The molecule has 0 aromatic carbocycles. The molecule has 3 heteroatoms. The quantitative estimate of drug-likeness (QED) is 0.542. The minimum Gasteiger partial charge on any atom is -0.390 e. The first kappa shape index (κ1) is 22.9. The van der Waals surface area contributed by atoms with Gasteiger partial charge in [0.1, 0.15) is 5.78 Å². The maximum absolute atomic E-state index is 12.6. The van der Waals surface area contributed by atoms with Crippen molar-refractivity contribution in [2.45, 2.75) is 123 Å². The topological polar surface area (TPSA) is 57.5 Å². The maximum Gasteiger partial charge on any atom is 0.136 e. The molecule has 0 spiro atoms. The lowest BCUT2D eigenvalue weighted by molar-refractivity contribution is -0.131. The van der Waals surface area contributed by atoms with Crippen molar-refractivity contribution in [1.29, 1.82) is 0 Å². The van der Waals surface area contributed by atoms with Gasteiger partial charge in [-0.1, -0.05) is 26.7 Å². The van der Waals surface area contributed by atoms with Crippen LogP contribution in [0.4, 0.5) is 0 Å². The normalized spacial score (nSPS) is 29.9. The van der Waals surface area contributed by atoms with E-state index in [1.54, 1.807) is 0 Å². The summed E-state index contributed by atoms with van der Waals surface area (Å²) in [7, 11) is 0. The second-order valence-corrected chi connectivity index (χ2v) is 11.5. The van der Waals surface area contributed by atoms with Crippen LogP contribution in [0, 0.1) is 22.7 Å². The average Bonchev–Trinajstić information content (AvgIpc) is 2.83. The van der Waals surface area contributed by atoms with Crippen molar-refractivity contribution in [3.8, 4) is 0 Å². The highest BCUT2D eigenvalue weighted by molar-refractivity contribution is 5.83. The third-order valence-electron chi connectivity index (χ3n) is 7.78. The van der Waals surface area contributed by atoms with Crippen molar-refractivity contribution in [3.63, 3.8) is 0 Å². The summed E-state index contributed by atoms with van der Waals surface area (Å²) in [6, 6.07) is 0. The molecule has 0 radical (unpaired) electrons. The minimum atomic E-state index is -0.614. The molecule has 2 saturated carbocycles. The van der Waals surface area contributed by atoms with E-state index < -0.39 is 11.2 Å². The van der Waals surface area contributed by atoms with Crippen molar-refractivity contribution in [2.24, 2.45) is 22.7 Å². The Hall–Kier alpha value is -0.410. The van der Waals surface area contributed by atoms with Crippen LogP contribution in [0.25, 0.3) is 0 Å². The van der Waals surface area contributed by atoms with Crippen LogP contribution >= 0.6 is 0 Å². The third-order valence-corrected chi connectivity index (χ3v) is 7.78. The summed E-state index contributed by atoms with van der Waals surface area (Å²) in [6.45, 7) is 12.4. The Labute approximate surface area is 167 Å². The van der Waals surface area contributed by atoms with Gasteiger partial charge in [0.05, 0.1) is 11.2 Å². The van der Waals surface area contributed by atoms with Gasteiger partial charge in [-0.2, -0.15) is 0 Å². The highest BCUT2D eigenvalue weighted by Gasteiger charge is 2.56. The second-order valence-electron chi connectivity index (χ2n) is 11.5. The highest BCUT2D eigenvalue weighted by atomic mass is 16.3. The monoisotopic (exact) mass is 380 g/mol. The molecule has 2 fully saturated rings. The van der Waals surface area contributed by atoms with Gasteiger partial charge in [-0.15, -0.1) is 0 Å². The fourth-order valence-corrected chi connectivity index (χ4v) is 6.40. The number of hydrogen-bond donors (Lipinski definition) is 2. The molecule has 0 aromatic heterocycles. The first-order valence-electron chi connectivity index (χ1n) is 11.2. The van der Waals surface area contributed by atoms with E-state index in [4.69, 9.17) is 0 Å². The number of rotatable bonds is 9. The van der Waals surface area contributed by atoms with Gasteiger partial charge in [0.2, 0.25) is 0 Å². The minimum absolute atomic E-state index is 0.146. The molecule has 0 amide bonds. The zero-order valence-electron chi connectivity index (χ0n) is 18.7. The van der Waals surface area contributed by atoms with E-state index in [1.165, 1.54) is 6.42 Å². The number of Topliss-reactive ketones (excluding diaryl/α,β-unsaturated/α-hetero) is 1. The summed E-state index contributed by atoms with van der Waals surface area (Å²) in [5, 5.41) is 20.3. The third kappa shape index (κ3) is 5.79. The lowest BCUT2D eigenvalue weighted by atomic mass is 9.56. The van der Waals surface area contributed by atoms with Gasteiger partial charge < -0.3 is 10.2 Å². The molecule has 0 saturated heterocycles. The summed E-state index contributed by atoms with van der Waals surface area (Å²) in [5.74, 6) is 1.34. The van der Waals surface area contributed by atoms with Crippen molar-refractivity contribution in [2.75, 3.05) is 0 Å². The number of carbonyl (C=O) groups excluding carboxylic acids is 1. The van der Waals surface area contributed by atoms with E-state index >= 15 is 0 Å². The molecule has 2 N–H and O–H groups in total. The van der Waals surface area contributed by atoms with Crippen molar-refractivity contribution in [1.82, 2.24) is 0 Å². The van der Waals surface area contributed by atoms with Crippen LogP contribution in [0.3, 0.4) is 0 Å². The molecule has 158 valence electrons. The number of fused-ring (bicyclic) bond motifs is 1. The van der Waals surface area contributed by atoms with Gasteiger partial charge in [0.15, 0.2) is 0 Å². The molecule has 0 aliphatic heterocycles. The van der Waals surface area contributed by atoms with Crippen LogP contribution in [0.15, 0.2) is 0 Å². The number of ketones is 1. The van der Waals surface area contributed by atoms with E-state index in [9.17, 15) is 15.0 Å². The average molecular weight is 381 g/mol. The molecule has 2 aliphatic carbocycles. The van der Waals surface area contributed by atoms with Gasteiger partial charge in [-0.25, -0.2) is 0 Å². The Bertz CT molecular complexity index is 491. The van der Waals surface area contributed by atoms with E-state index in [-0.39, 0.29) is 16.7 Å². The molecule has 27 heavy (non-hydrogen) atoms. The van der Waals surface area contributed by atoms with E-state index in [0.29, 0.717) is 11.7 Å². The molecule has 3 nitrogen and oxygen atoms in total. The molecule has 0 heterocycles. The molecule has 3 atom stereocenters. The van der Waals surface area contributed by atoms with Gasteiger partial charge in [0, 0.05) is 12.3 Å². The molecule has 2 aliphatic rings. The lowest BCUT2D eigenvalue weighted by Crippen LogP contribution is -2.43. The van der Waals surface area contributed by atoms with Crippen LogP contribution in [0.2, 0.25) is 0 Å². The predicted molar refractivity (Wildman–Crippen MR) is 112 cm³/mol. The number of carbonyl (C=O) groups is 1. The molecule has 3 unspecified atom stereocenters. The molecule has 2 rings (SSSR count). The van der Waals surface area contributed by atoms with E-state index in [2.05, 4.69) is 13.8 Å². The Morgan fingerprint density at radius 2 is 1.44 bits per heavy atom. The highest BCUT2D eigenvalue weighted by Crippen LogP contribution is 2.61. The van der Waals surface area contributed by atoms with Crippen LogP contribution in [0.5, 0.6) is 0 Å². The Balaban J connectivity index is 2.16. The second kappa shape index (κ2) is 8.14. The van der Waals surface area contributed by atoms with Crippen molar-refractivity contribution in [3.05, 3.63) is 0 Å². The van der Waals surface area contributed by atoms with Crippen LogP contribution in [0.1, 0.15) is 112 Å². The van der Waals surface area contributed by atoms with E-state index in [0.717, 1.165) is 64.2 Å². The van der Waals surface area contributed by atoms with Gasteiger partial charge in [-0.05, 0) is 95.8 Å². The summed E-state index contributed by atoms with van der Waals surface area (Å²) >= 11 is 0. The van der Waals surface area contributed by atoms with Crippen LogP contribution in [-0.4, -0.2) is 27.2 Å². The molecular formula is C24H44O3. The standard InChI is InChI=1S/C24H44O3/c1-21(2,26)13-8-15-23(5,16-9-14-22(3,4)27)20-12-11-18-19(25)10-7-17-24(18,20)6/h18,20,26-27H,7-17H2,1-6H3. The summed E-state index contributed by atoms with van der Waals surface area (Å²) in [5.41, 5.74) is -0.904. The smallest absolute Gasteiger partial charge is 0.136 e. The summed E-state index contributed by atoms with van der Waals surface area (Å²) < 4.78 is 0. The molecule has 0 bridgehead atoms. The van der Waals surface area contributed by atoms with E-state index in [1.807, 2.05) is 27.7 Å². The molecular weight excluding hydrogens is 336 g/mol. The fourth-order valence-electron chi connectivity index (χ4n) is 6.40. The first-order valence-corrected chi connectivity index (χ1v) is 11.2. The zero-order chi connectivity index (χ0) is 20.5. The number of aliphatic hydroxyl groups is 2.